The second-order valence-corrected chi connectivity index (χ2v) is 3.54. The van der Waals surface area contributed by atoms with E-state index in [2.05, 4.69) is 26.0 Å². The molecule has 0 spiro atoms. The third kappa shape index (κ3) is 1.83. The molecule has 0 saturated heterocycles. The second kappa shape index (κ2) is 3.89. The van der Waals surface area contributed by atoms with Crippen LogP contribution in [0.15, 0.2) is 35.1 Å². The van der Waals surface area contributed by atoms with Gasteiger partial charge in [0.25, 0.3) is 0 Å². The van der Waals surface area contributed by atoms with Crippen LogP contribution in [0.2, 0.25) is 0 Å². The van der Waals surface area contributed by atoms with Gasteiger partial charge < -0.3 is 5.11 Å². The van der Waals surface area contributed by atoms with Crippen LogP contribution in [0, 0.1) is 0 Å². The third-order valence-corrected chi connectivity index (χ3v) is 2.18. The van der Waals surface area contributed by atoms with Crippen molar-refractivity contribution in [2.75, 3.05) is 0 Å². The van der Waals surface area contributed by atoms with Gasteiger partial charge in [0.05, 0.1) is 12.3 Å². The summed E-state index contributed by atoms with van der Waals surface area (Å²) in [5.74, 6) is 0.721. The van der Waals surface area contributed by atoms with Crippen LogP contribution in [0.5, 0.6) is 0 Å². The molecular formula is C9H8BrN3O. The highest BCUT2D eigenvalue weighted by Gasteiger charge is 2.01. The minimum absolute atomic E-state index is 0.0546. The number of rotatable bonds is 2. The summed E-state index contributed by atoms with van der Waals surface area (Å²) in [4.78, 5) is 4.23. The smallest absolute Gasteiger partial charge is 0.154 e. The van der Waals surface area contributed by atoms with Crippen molar-refractivity contribution in [3.8, 4) is 5.82 Å². The van der Waals surface area contributed by atoms with Crippen molar-refractivity contribution in [2.24, 2.45) is 0 Å². The second-order valence-electron chi connectivity index (χ2n) is 2.73. The van der Waals surface area contributed by atoms with Gasteiger partial charge in [-0.3, -0.25) is 0 Å². The fourth-order valence-corrected chi connectivity index (χ4v) is 1.43. The molecule has 0 aromatic carbocycles. The van der Waals surface area contributed by atoms with Crippen molar-refractivity contribution >= 4 is 15.9 Å². The Kier molecular flexibility index (Phi) is 2.60. The summed E-state index contributed by atoms with van der Waals surface area (Å²) >= 11 is 3.28. The van der Waals surface area contributed by atoms with Crippen molar-refractivity contribution in [2.45, 2.75) is 6.61 Å². The predicted octanol–water partition coefficient (Wildman–Crippen LogP) is 1.52. The molecule has 14 heavy (non-hydrogen) atoms. The molecule has 2 heterocycles. The molecule has 2 rings (SSSR count). The molecule has 0 atom stereocenters. The molecule has 0 aliphatic heterocycles. The number of nitrogens with zero attached hydrogens (tertiary/aromatic N) is 3. The average Bonchev–Trinajstić information content (AvgIpc) is 2.66. The van der Waals surface area contributed by atoms with Crippen molar-refractivity contribution in [3.63, 3.8) is 0 Å². The van der Waals surface area contributed by atoms with Crippen LogP contribution >= 0.6 is 15.9 Å². The fourth-order valence-electron chi connectivity index (χ4n) is 1.10. The topological polar surface area (TPSA) is 50.9 Å². The molecule has 0 unspecified atom stereocenters. The summed E-state index contributed by atoms with van der Waals surface area (Å²) < 4.78 is 2.38. The number of aliphatic hydroxyl groups excluding tert-OH is 1. The molecule has 2 aromatic heterocycles. The van der Waals surface area contributed by atoms with Gasteiger partial charge in [0, 0.05) is 6.20 Å². The zero-order valence-electron chi connectivity index (χ0n) is 7.26. The predicted molar refractivity (Wildman–Crippen MR) is 55.0 cm³/mol. The average molecular weight is 254 g/mol. The molecule has 0 aliphatic rings. The molecular weight excluding hydrogens is 246 g/mol. The number of pyridine rings is 1. The Morgan fingerprint density at radius 3 is 2.86 bits per heavy atom. The Morgan fingerprint density at radius 1 is 1.36 bits per heavy atom. The maximum absolute atomic E-state index is 8.85. The lowest BCUT2D eigenvalue weighted by molar-refractivity contribution is 0.276. The monoisotopic (exact) mass is 253 g/mol. The van der Waals surface area contributed by atoms with Crippen LogP contribution in [0.1, 0.15) is 5.69 Å². The van der Waals surface area contributed by atoms with Crippen molar-refractivity contribution in [1.82, 2.24) is 14.8 Å². The molecule has 0 radical (unpaired) electrons. The highest BCUT2D eigenvalue weighted by molar-refractivity contribution is 9.10. The van der Waals surface area contributed by atoms with Crippen LogP contribution < -0.4 is 0 Å². The van der Waals surface area contributed by atoms with E-state index in [0.29, 0.717) is 5.69 Å². The summed E-state index contributed by atoms with van der Waals surface area (Å²) in [6.07, 6.45) is 1.76. The Labute approximate surface area is 89.3 Å². The quantitative estimate of drug-likeness (QED) is 0.826. The van der Waals surface area contributed by atoms with Crippen LogP contribution in [0.3, 0.4) is 0 Å². The Hall–Kier alpha value is -1.20. The summed E-state index contributed by atoms with van der Waals surface area (Å²) in [6.45, 7) is -0.0546. The van der Waals surface area contributed by atoms with E-state index < -0.39 is 0 Å². The molecule has 0 amide bonds. The highest BCUT2D eigenvalue weighted by atomic mass is 79.9. The molecule has 0 saturated carbocycles. The van der Waals surface area contributed by atoms with Crippen molar-refractivity contribution in [1.29, 1.82) is 0 Å². The van der Waals surface area contributed by atoms with Gasteiger partial charge >= 0.3 is 0 Å². The van der Waals surface area contributed by atoms with Crippen molar-refractivity contribution in [3.05, 3.63) is 40.8 Å². The van der Waals surface area contributed by atoms with E-state index in [1.807, 2.05) is 18.2 Å². The van der Waals surface area contributed by atoms with E-state index in [1.54, 1.807) is 16.9 Å². The van der Waals surface area contributed by atoms with Gasteiger partial charge in [-0.05, 0) is 34.1 Å². The SMILES string of the molecule is OCc1ccn(-c2cccc(Br)n2)n1. The van der Waals surface area contributed by atoms with Gasteiger partial charge in [-0.2, -0.15) is 5.10 Å². The standard InChI is InChI=1S/C9H8BrN3O/c10-8-2-1-3-9(11-8)13-5-4-7(6-14)12-13/h1-5,14H,6H2. The third-order valence-electron chi connectivity index (χ3n) is 1.74. The summed E-state index contributed by atoms with van der Waals surface area (Å²) in [7, 11) is 0. The molecule has 0 bridgehead atoms. The van der Waals surface area contributed by atoms with E-state index in [4.69, 9.17) is 5.11 Å². The first kappa shape index (κ1) is 9.36. The number of halogens is 1. The molecule has 0 fully saturated rings. The number of aliphatic hydroxyl groups is 1. The highest BCUT2D eigenvalue weighted by Crippen LogP contribution is 2.10. The van der Waals surface area contributed by atoms with E-state index >= 15 is 0 Å². The molecule has 72 valence electrons. The van der Waals surface area contributed by atoms with Crippen LogP contribution in [-0.4, -0.2) is 19.9 Å². The summed E-state index contributed by atoms with van der Waals surface area (Å²) in [6, 6.07) is 7.33. The van der Waals surface area contributed by atoms with Crippen LogP contribution in [-0.2, 0) is 6.61 Å². The maximum atomic E-state index is 8.85. The van der Waals surface area contributed by atoms with E-state index in [9.17, 15) is 0 Å². The molecule has 5 heteroatoms. The van der Waals surface area contributed by atoms with Crippen LogP contribution in [0.4, 0.5) is 0 Å². The van der Waals surface area contributed by atoms with Gasteiger partial charge in [0.1, 0.15) is 4.60 Å². The van der Waals surface area contributed by atoms with Gasteiger partial charge in [-0.25, -0.2) is 9.67 Å². The lowest BCUT2D eigenvalue weighted by Crippen LogP contribution is -1.98. The first-order valence-corrected chi connectivity index (χ1v) is 4.87. The number of aromatic nitrogens is 3. The van der Waals surface area contributed by atoms with Crippen molar-refractivity contribution < 1.29 is 5.11 Å². The maximum Gasteiger partial charge on any atom is 0.154 e. The normalized spacial score (nSPS) is 10.4. The number of hydrogen-bond acceptors (Lipinski definition) is 3. The summed E-state index contributed by atoms with van der Waals surface area (Å²) in [5.41, 5.74) is 0.631. The zero-order valence-corrected chi connectivity index (χ0v) is 8.85. The zero-order chi connectivity index (χ0) is 9.97. The molecule has 0 aliphatic carbocycles. The lowest BCUT2D eigenvalue weighted by Gasteiger charge is -1.99. The Balaban J connectivity index is 2.39. The summed E-state index contributed by atoms with van der Waals surface area (Å²) in [5, 5.41) is 13.0. The van der Waals surface area contributed by atoms with Gasteiger partial charge in [0.2, 0.25) is 0 Å². The largest absolute Gasteiger partial charge is 0.390 e. The Morgan fingerprint density at radius 2 is 2.21 bits per heavy atom. The van der Waals surface area contributed by atoms with E-state index in [-0.39, 0.29) is 6.61 Å². The molecule has 2 aromatic rings. The van der Waals surface area contributed by atoms with E-state index in [1.165, 1.54) is 0 Å². The van der Waals surface area contributed by atoms with E-state index in [0.717, 1.165) is 10.4 Å². The molecule has 1 N–H and O–H groups in total. The molecule has 4 nitrogen and oxygen atoms in total. The Bertz CT molecular complexity index is 441. The number of hydrogen-bond donors (Lipinski definition) is 1. The first-order valence-electron chi connectivity index (χ1n) is 4.08. The lowest BCUT2D eigenvalue weighted by atomic mass is 10.5. The minimum Gasteiger partial charge on any atom is -0.390 e. The van der Waals surface area contributed by atoms with Crippen LogP contribution in [0.25, 0.3) is 5.82 Å². The fraction of sp³-hybridized carbons (Fsp3) is 0.111. The first-order chi connectivity index (χ1) is 6.79. The van der Waals surface area contributed by atoms with Gasteiger partial charge in [0.15, 0.2) is 5.82 Å². The minimum atomic E-state index is -0.0546. The van der Waals surface area contributed by atoms with Gasteiger partial charge in [-0.15, -0.1) is 0 Å². The van der Waals surface area contributed by atoms with Gasteiger partial charge in [-0.1, -0.05) is 6.07 Å².